The van der Waals surface area contributed by atoms with Crippen molar-refractivity contribution in [3.8, 4) is 0 Å². The van der Waals surface area contributed by atoms with Gasteiger partial charge in [-0.05, 0) is 71.0 Å². The minimum Gasteiger partial charge on any atom is -0.317 e. The molecule has 2 saturated heterocycles. The minimum atomic E-state index is 0.400. The molecule has 0 radical (unpaired) electrons. The lowest BCUT2D eigenvalue weighted by atomic mass is 9.85. The molecule has 82 valence electrons. The summed E-state index contributed by atoms with van der Waals surface area (Å²) in [4.78, 5) is 0. The Morgan fingerprint density at radius 1 is 1.14 bits per heavy atom. The van der Waals surface area contributed by atoms with Crippen molar-refractivity contribution in [3.05, 3.63) is 0 Å². The summed E-state index contributed by atoms with van der Waals surface area (Å²) in [6, 6.07) is 0. The molecule has 2 heterocycles. The summed E-state index contributed by atoms with van der Waals surface area (Å²) in [6.07, 6.45) is 5.63. The van der Waals surface area contributed by atoms with E-state index in [0.717, 1.165) is 11.8 Å². The van der Waals surface area contributed by atoms with Gasteiger partial charge in [-0.2, -0.15) is 0 Å². The van der Waals surface area contributed by atoms with Crippen LogP contribution in [0.3, 0.4) is 0 Å². The summed E-state index contributed by atoms with van der Waals surface area (Å²) in [5, 5.41) is 7.06. The molecule has 2 heteroatoms. The van der Waals surface area contributed by atoms with E-state index < -0.39 is 0 Å². The van der Waals surface area contributed by atoms with Crippen LogP contribution in [-0.4, -0.2) is 25.2 Å². The van der Waals surface area contributed by atoms with Crippen molar-refractivity contribution in [2.45, 2.75) is 45.1 Å². The fourth-order valence-corrected chi connectivity index (χ4v) is 3.04. The van der Waals surface area contributed by atoms with E-state index in [0.29, 0.717) is 5.54 Å². The van der Waals surface area contributed by atoms with Crippen LogP contribution >= 0.6 is 0 Å². The Balaban J connectivity index is 1.75. The van der Waals surface area contributed by atoms with Gasteiger partial charge in [-0.1, -0.05) is 0 Å². The normalized spacial score (nSPS) is 33.4. The van der Waals surface area contributed by atoms with E-state index in [2.05, 4.69) is 24.5 Å². The maximum absolute atomic E-state index is 3.62. The van der Waals surface area contributed by atoms with E-state index in [4.69, 9.17) is 0 Å². The number of rotatable bonds is 2. The predicted molar refractivity (Wildman–Crippen MR) is 60.4 cm³/mol. The molecule has 0 spiro atoms. The van der Waals surface area contributed by atoms with Crippen molar-refractivity contribution >= 4 is 0 Å². The molecule has 1 atom stereocenters. The Bertz CT molecular complexity index is 183. The van der Waals surface area contributed by atoms with E-state index in [-0.39, 0.29) is 0 Å². The Morgan fingerprint density at radius 2 is 1.86 bits per heavy atom. The molecule has 14 heavy (non-hydrogen) atoms. The van der Waals surface area contributed by atoms with Crippen molar-refractivity contribution < 1.29 is 0 Å². The van der Waals surface area contributed by atoms with Gasteiger partial charge in [0.15, 0.2) is 0 Å². The van der Waals surface area contributed by atoms with Crippen molar-refractivity contribution in [2.75, 3.05) is 19.6 Å². The molecule has 2 nitrogen and oxygen atoms in total. The first-order chi connectivity index (χ1) is 6.66. The molecule has 0 saturated carbocycles. The van der Waals surface area contributed by atoms with E-state index in [9.17, 15) is 0 Å². The number of hydrogen-bond donors (Lipinski definition) is 2. The smallest absolute Gasteiger partial charge is 0.0128 e. The zero-order chi connectivity index (χ0) is 10.0. The maximum Gasteiger partial charge on any atom is 0.0128 e. The highest BCUT2D eigenvalue weighted by atomic mass is 15.0. The third kappa shape index (κ3) is 2.71. The van der Waals surface area contributed by atoms with Crippen LogP contribution in [0, 0.1) is 11.8 Å². The molecule has 0 bridgehead atoms. The Hall–Kier alpha value is -0.0800. The zero-order valence-corrected chi connectivity index (χ0v) is 9.60. The summed E-state index contributed by atoms with van der Waals surface area (Å²) in [7, 11) is 0. The van der Waals surface area contributed by atoms with Crippen molar-refractivity contribution in [1.29, 1.82) is 0 Å². The number of nitrogens with one attached hydrogen (secondary N) is 2. The summed E-state index contributed by atoms with van der Waals surface area (Å²) < 4.78 is 0. The summed E-state index contributed by atoms with van der Waals surface area (Å²) in [5.41, 5.74) is 0.400. The van der Waals surface area contributed by atoms with E-state index in [1.165, 1.54) is 45.3 Å². The highest BCUT2D eigenvalue weighted by Gasteiger charge is 2.31. The van der Waals surface area contributed by atoms with E-state index >= 15 is 0 Å². The molecule has 2 aliphatic rings. The molecule has 2 rings (SSSR count). The maximum atomic E-state index is 3.62. The average molecular weight is 196 g/mol. The number of piperidine rings is 1. The van der Waals surface area contributed by atoms with Gasteiger partial charge in [-0.15, -0.1) is 0 Å². The monoisotopic (exact) mass is 196 g/mol. The molecule has 0 aromatic rings. The third-order valence-corrected chi connectivity index (χ3v) is 3.79. The van der Waals surface area contributed by atoms with Gasteiger partial charge in [-0.3, -0.25) is 0 Å². The molecule has 1 unspecified atom stereocenters. The molecule has 0 aliphatic carbocycles. The van der Waals surface area contributed by atoms with Gasteiger partial charge < -0.3 is 10.6 Å². The largest absolute Gasteiger partial charge is 0.317 e. The molecule has 2 fully saturated rings. The van der Waals surface area contributed by atoms with Crippen molar-refractivity contribution in [2.24, 2.45) is 11.8 Å². The van der Waals surface area contributed by atoms with Crippen molar-refractivity contribution in [3.63, 3.8) is 0 Å². The predicted octanol–water partition coefficient (Wildman–Crippen LogP) is 1.76. The van der Waals surface area contributed by atoms with Crippen LogP contribution in [0.4, 0.5) is 0 Å². The summed E-state index contributed by atoms with van der Waals surface area (Å²) in [5.74, 6) is 1.94. The van der Waals surface area contributed by atoms with Crippen LogP contribution in [0.2, 0.25) is 0 Å². The first-order valence-electron chi connectivity index (χ1n) is 6.11. The second-order valence-corrected chi connectivity index (χ2v) is 5.76. The third-order valence-electron chi connectivity index (χ3n) is 3.79. The highest BCUT2D eigenvalue weighted by molar-refractivity contribution is 4.90. The van der Waals surface area contributed by atoms with Gasteiger partial charge >= 0.3 is 0 Å². The second-order valence-electron chi connectivity index (χ2n) is 5.76. The van der Waals surface area contributed by atoms with Gasteiger partial charge in [0.1, 0.15) is 0 Å². The number of hydrogen-bond acceptors (Lipinski definition) is 2. The van der Waals surface area contributed by atoms with E-state index in [1.807, 2.05) is 0 Å². The SMILES string of the molecule is CC1(C)CC(CC2CCNCC2)CN1. The van der Waals surface area contributed by atoms with Crippen molar-refractivity contribution in [1.82, 2.24) is 10.6 Å². The molecule has 0 aromatic heterocycles. The standard InChI is InChI=1S/C12H24N2/c1-12(2)8-11(9-14-12)7-10-3-5-13-6-4-10/h10-11,13-14H,3-9H2,1-2H3. The van der Waals surface area contributed by atoms with Crippen LogP contribution in [0.25, 0.3) is 0 Å². The van der Waals surface area contributed by atoms with Gasteiger partial charge in [0.2, 0.25) is 0 Å². The zero-order valence-electron chi connectivity index (χ0n) is 9.60. The van der Waals surface area contributed by atoms with Gasteiger partial charge in [0, 0.05) is 5.54 Å². The minimum absolute atomic E-state index is 0.400. The molecule has 2 aliphatic heterocycles. The summed E-state index contributed by atoms with van der Waals surface area (Å²) >= 11 is 0. The lowest BCUT2D eigenvalue weighted by molar-refractivity contribution is 0.301. The summed E-state index contributed by atoms with van der Waals surface area (Å²) in [6.45, 7) is 8.39. The van der Waals surface area contributed by atoms with Crippen LogP contribution in [-0.2, 0) is 0 Å². The lowest BCUT2D eigenvalue weighted by Gasteiger charge is -2.25. The average Bonchev–Trinajstić information content (AvgIpc) is 2.47. The molecular formula is C12H24N2. The quantitative estimate of drug-likeness (QED) is 0.703. The molecular weight excluding hydrogens is 172 g/mol. The Kier molecular flexibility index (Phi) is 3.13. The van der Waals surface area contributed by atoms with Crippen LogP contribution in [0.15, 0.2) is 0 Å². The van der Waals surface area contributed by atoms with Gasteiger partial charge in [-0.25, -0.2) is 0 Å². The Labute approximate surface area is 87.8 Å². The lowest BCUT2D eigenvalue weighted by Crippen LogP contribution is -2.31. The van der Waals surface area contributed by atoms with Gasteiger partial charge in [0.05, 0.1) is 0 Å². The van der Waals surface area contributed by atoms with Crippen LogP contribution in [0.1, 0.15) is 39.5 Å². The molecule has 0 amide bonds. The van der Waals surface area contributed by atoms with E-state index in [1.54, 1.807) is 0 Å². The second kappa shape index (κ2) is 4.19. The molecule has 2 N–H and O–H groups in total. The first-order valence-corrected chi connectivity index (χ1v) is 6.11. The first kappa shape index (κ1) is 10.4. The molecule has 0 aromatic carbocycles. The Morgan fingerprint density at radius 3 is 2.43 bits per heavy atom. The topological polar surface area (TPSA) is 24.1 Å². The fraction of sp³-hybridized carbons (Fsp3) is 1.00. The fourth-order valence-electron chi connectivity index (χ4n) is 3.04. The highest BCUT2D eigenvalue weighted by Crippen LogP contribution is 2.30. The van der Waals surface area contributed by atoms with Gasteiger partial charge in [0.25, 0.3) is 0 Å². The van der Waals surface area contributed by atoms with Crippen LogP contribution in [0.5, 0.6) is 0 Å². The van der Waals surface area contributed by atoms with Crippen LogP contribution < -0.4 is 10.6 Å².